The van der Waals surface area contributed by atoms with Crippen LogP contribution in [0.4, 0.5) is 0 Å². The number of esters is 1. The summed E-state index contributed by atoms with van der Waals surface area (Å²) in [5.74, 6) is 3.57. The summed E-state index contributed by atoms with van der Waals surface area (Å²) in [6.07, 6.45) is 14.5. The molecule has 0 atom stereocenters. The fourth-order valence-electron chi connectivity index (χ4n) is 4.68. The molecule has 0 aromatic heterocycles. The molecule has 0 N–H and O–H groups in total. The number of rotatable bonds is 6. The number of carbonyl (C=O) groups is 1. The van der Waals surface area contributed by atoms with Crippen LogP contribution in [0.25, 0.3) is 0 Å². The van der Waals surface area contributed by atoms with Crippen molar-refractivity contribution in [3.8, 4) is 0 Å². The van der Waals surface area contributed by atoms with E-state index in [9.17, 15) is 4.79 Å². The van der Waals surface area contributed by atoms with Crippen LogP contribution in [0.2, 0.25) is 0 Å². The third kappa shape index (κ3) is 5.30. The molecule has 2 aliphatic carbocycles. The molecule has 0 unspecified atom stereocenters. The SMILES string of the molecule is CCCC1CCC(C2CCC(CC(=O)OCC)CC2)CC1. The Hall–Kier alpha value is -0.530. The van der Waals surface area contributed by atoms with Gasteiger partial charge in [0.25, 0.3) is 0 Å². The third-order valence-corrected chi connectivity index (χ3v) is 5.91. The van der Waals surface area contributed by atoms with Crippen LogP contribution in [0, 0.1) is 23.7 Å². The van der Waals surface area contributed by atoms with Crippen molar-refractivity contribution in [1.82, 2.24) is 0 Å². The molecule has 0 aromatic carbocycles. The molecular formula is C19H34O2. The van der Waals surface area contributed by atoms with E-state index in [2.05, 4.69) is 6.92 Å². The second kappa shape index (κ2) is 8.80. The number of hydrogen-bond donors (Lipinski definition) is 0. The van der Waals surface area contributed by atoms with Crippen molar-refractivity contribution in [2.45, 2.75) is 84.5 Å². The van der Waals surface area contributed by atoms with Crippen LogP contribution >= 0.6 is 0 Å². The summed E-state index contributed by atoms with van der Waals surface area (Å²) < 4.78 is 5.08. The van der Waals surface area contributed by atoms with Crippen molar-refractivity contribution in [2.24, 2.45) is 23.7 Å². The lowest BCUT2D eigenvalue weighted by atomic mass is 9.68. The first-order valence-corrected chi connectivity index (χ1v) is 9.38. The molecule has 2 heteroatoms. The van der Waals surface area contributed by atoms with E-state index in [1.807, 2.05) is 6.92 Å². The van der Waals surface area contributed by atoms with Gasteiger partial charge in [0.2, 0.25) is 0 Å². The zero-order chi connectivity index (χ0) is 15.1. The second-order valence-electron chi connectivity index (χ2n) is 7.36. The van der Waals surface area contributed by atoms with Crippen molar-refractivity contribution >= 4 is 5.97 Å². The lowest BCUT2D eigenvalue weighted by molar-refractivity contribution is -0.144. The summed E-state index contributed by atoms with van der Waals surface area (Å²) >= 11 is 0. The summed E-state index contributed by atoms with van der Waals surface area (Å²) in [6, 6.07) is 0. The summed E-state index contributed by atoms with van der Waals surface area (Å²) in [5, 5.41) is 0. The van der Waals surface area contributed by atoms with Crippen molar-refractivity contribution in [3.63, 3.8) is 0 Å². The fourth-order valence-corrected chi connectivity index (χ4v) is 4.68. The van der Waals surface area contributed by atoms with E-state index in [0.717, 1.165) is 17.8 Å². The highest BCUT2D eigenvalue weighted by Crippen LogP contribution is 2.42. The summed E-state index contributed by atoms with van der Waals surface area (Å²) in [5.41, 5.74) is 0. The highest BCUT2D eigenvalue weighted by Gasteiger charge is 2.31. The van der Waals surface area contributed by atoms with Gasteiger partial charge in [0.05, 0.1) is 6.61 Å². The molecule has 0 spiro atoms. The third-order valence-electron chi connectivity index (χ3n) is 5.91. The van der Waals surface area contributed by atoms with Gasteiger partial charge >= 0.3 is 5.97 Å². The predicted molar refractivity (Wildman–Crippen MR) is 87.1 cm³/mol. The molecule has 2 aliphatic rings. The smallest absolute Gasteiger partial charge is 0.306 e. The van der Waals surface area contributed by atoms with Gasteiger partial charge in [-0.05, 0) is 69.1 Å². The normalized spacial score (nSPS) is 33.6. The van der Waals surface area contributed by atoms with E-state index >= 15 is 0 Å². The average Bonchev–Trinajstić information content (AvgIpc) is 2.49. The van der Waals surface area contributed by atoms with Gasteiger partial charge in [0, 0.05) is 6.42 Å². The van der Waals surface area contributed by atoms with Gasteiger partial charge in [-0.3, -0.25) is 4.79 Å². The molecule has 0 aliphatic heterocycles. The Morgan fingerprint density at radius 3 is 1.86 bits per heavy atom. The summed E-state index contributed by atoms with van der Waals surface area (Å²) in [4.78, 5) is 11.6. The number of hydrogen-bond acceptors (Lipinski definition) is 2. The van der Waals surface area contributed by atoms with Crippen LogP contribution in [0.15, 0.2) is 0 Å². The molecule has 2 rings (SSSR count). The topological polar surface area (TPSA) is 26.3 Å². The molecule has 0 bridgehead atoms. The van der Waals surface area contributed by atoms with E-state index in [0.29, 0.717) is 18.9 Å². The Bertz CT molecular complexity index is 297. The molecule has 0 saturated heterocycles. The van der Waals surface area contributed by atoms with Gasteiger partial charge in [-0.1, -0.05) is 32.6 Å². The van der Waals surface area contributed by atoms with E-state index in [1.54, 1.807) is 0 Å². The molecular weight excluding hydrogens is 260 g/mol. The maximum Gasteiger partial charge on any atom is 0.306 e. The van der Waals surface area contributed by atoms with Crippen LogP contribution in [0.3, 0.4) is 0 Å². The predicted octanol–water partition coefficient (Wildman–Crippen LogP) is 5.35. The Morgan fingerprint density at radius 1 is 0.857 bits per heavy atom. The Morgan fingerprint density at radius 2 is 1.38 bits per heavy atom. The van der Waals surface area contributed by atoms with Crippen LogP contribution in [-0.4, -0.2) is 12.6 Å². The standard InChI is InChI=1S/C19H34O2/c1-3-5-15-6-10-17(11-7-15)18-12-8-16(9-13-18)14-19(20)21-4-2/h15-18H,3-14H2,1-2H3. The van der Waals surface area contributed by atoms with Crippen molar-refractivity contribution in [3.05, 3.63) is 0 Å². The summed E-state index contributed by atoms with van der Waals surface area (Å²) in [6.45, 7) is 4.73. The van der Waals surface area contributed by atoms with Crippen LogP contribution < -0.4 is 0 Å². The van der Waals surface area contributed by atoms with Crippen molar-refractivity contribution in [1.29, 1.82) is 0 Å². The highest BCUT2D eigenvalue weighted by molar-refractivity contribution is 5.69. The Kier molecular flexibility index (Phi) is 7.06. The molecule has 0 amide bonds. The van der Waals surface area contributed by atoms with Gasteiger partial charge < -0.3 is 4.74 Å². The molecule has 2 nitrogen and oxygen atoms in total. The van der Waals surface area contributed by atoms with Crippen LogP contribution in [0.5, 0.6) is 0 Å². The summed E-state index contributed by atoms with van der Waals surface area (Å²) in [7, 11) is 0. The lowest BCUT2D eigenvalue weighted by Gasteiger charge is -2.37. The van der Waals surface area contributed by atoms with Crippen molar-refractivity contribution < 1.29 is 9.53 Å². The van der Waals surface area contributed by atoms with Gasteiger partial charge in [-0.2, -0.15) is 0 Å². The van der Waals surface area contributed by atoms with Crippen LogP contribution in [-0.2, 0) is 9.53 Å². The average molecular weight is 294 g/mol. The van der Waals surface area contributed by atoms with Crippen molar-refractivity contribution in [2.75, 3.05) is 6.61 Å². The first-order valence-electron chi connectivity index (χ1n) is 9.38. The minimum absolute atomic E-state index is 0.0148. The minimum atomic E-state index is 0.0148. The largest absolute Gasteiger partial charge is 0.466 e. The molecule has 0 heterocycles. The first-order chi connectivity index (χ1) is 10.2. The molecule has 0 radical (unpaired) electrons. The number of ether oxygens (including phenoxy) is 1. The Balaban J connectivity index is 1.66. The van der Waals surface area contributed by atoms with E-state index < -0.39 is 0 Å². The molecule has 2 fully saturated rings. The number of carbonyl (C=O) groups excluding carboxylic acids is 1. The van der Waals surface area contributed by atoms with Gasteiger partial charge in [0.15, 0.2) is 0 Å². The maximum absolute atomic E-state index is 11.6. The molecule has 122 valence electrons. The first kappa shape index (κ1) is 16.8. The fraction of sp³-hybridized carbons (Fsp3) is 0.947. The van der Waals surface area contributed by atoms with Gasteiger partial charge in [0.1, 0.15) is 0 Å². The second-order valence-corrected chi connectivity index (χ2v) is 7.36. The lowest BCUT2D eigenvalue weighted by Crippen LogP contribution is -2.26. The zero-order valence-electron chi connectivity index (χ0n) is 14.1. The monoisotopic (exact) mass is 294 g/mol. The van der Waals surface area contributed by atoms with Gasteiger partial charge in [-0.25, -0.2) is 0 Å². The van der Waals surface area contributed by atoms with Gasteiger partial charge in [-0.15, -0.1) is 0 Å². The molecule has 21 heavy (non-hydrogen) atoms. The Labute approximate surface area is 131 Å². The van der Waals surface area contributed by atoms with Crippen LogP contribution in [0.1, 0.15) is 84.5 Å². The van der Waals surface area contributed by atoms with E-state index in [1.165, 1.54) is 64.2 Å². The molecule has 0 aromatic rings. The van der Waals surface area contributed by atoms with E-state index in [4.69, 9.17) is 4.74 Å². The maximum atomic E-state index is 11.6. The quantitative estimate of drug-likeness (QED) is 0.617. The molecule has 2 saturated carbocycles. The van der Waals surface area contributed by atoms with E-state index in [-0.39, 0.29) is 5.97 Å². The minimum Gasteiger partial charge on any atom is -0.466 e. The highest BCUT2D eigenvalue weighted by atomic mass is 16.5. The zero-order valence-corrected chi connectivity index (χ0v) is 14.1.